The monoisotopic (exact) mass is 435 g/mol. The van der Waals surface area contributed by atoms with E-state index in [1.54, 1.807) is 0 Å². The molecular weight excluding hydrogens is 410 g/mol. The van der Waals surface area contributed by atoms with E-state index in [1.807, 2.05) is 12.1 Å². The van der Waals surface area contributed by atoms with Gasteiger partial charge in [0, 0.05) is 18.8 Å². The lowest BCUT2D eigenvalue weighted by Gasteiger charge is -2.26. The summed E-state index contributed by atoms with van der Waals surface area (Å²) < 4.78 is 25.1. The Balaban J connectivity index is 1.58. The molecule has 29 heavy (non-hydrogen) atoms. The van der Waals surface area contributed by atoms with Crippen molar-refractivity contribution in [3.63, 3.8) is 0 Å². The van der Waals surface area contributed by atoms with Crippen LogP contribution in [0.25, 0.3) is 0 Å². The summed E-state index contributed by atoms with van der Waals surface area (Å²) in [5.41, 5.74) is 2.78. The fourth-order valence-electron chi connectivity index (χ4n) is 3.39. The number of carbonyl (C=O) groups excluding carboxylic acids is 1. The van der Waals surface area contributed by atoms with E-state index >= 15 is 0 Å². The van der Waals surface area contributed by atoms with Crippen LogP contribution in [0.1, 0.15) is 40.7 Å². The van der Waals surface area contributed by atoms with Crippen molar-refractivity contribution in [2.45, 2.75) is 32.4 Å². The van der Waals surface area contributed by atoms with Crippen molar-refractivity contribution in [3.8, 4) is 0 Å². The van der Waals surface area contributed by atoms with Gasteiger partial charge in [-0.1, -0.05) is 42.3 Å². The van der Waals surface area contributed by atoms with Crippen LogP contribution in [0.4, 0.5) is 5.69 Å². The summed E-state index contributed by atoms with van der Waals surface area (Å²) in [5.74, 6) is -0.357. The Morgan fingerprint density at radius 3 is 2.34 bits per heavy atom. The molecule has 1 aliphatic heterocycles. The predicted molar refractivity (Wildman–Crippen MR) is 117 cm³/mol. The van der Waals surface area contributed by atoms with E-state index < -0.39 is 10.0 Å². The van der Waals surface area contributed by atoms with Gasteiger partial charge in [-0.2, -0.15) is 0 Å². The number of rotatable bonds is 7. The molecule has 0 aromatic heterocycles. The molecule has 0 aliphatic carbocycles. The molecule has 1 saturated heterocycles. The van der Waals surface area contributed by atoms with Crippen molar-refractivity contribution in [2.75, 3.05) is 24.1 Å². The third-order valence-corrected chi connectivity index (χ3v) is 5.78. The molecule has 0 bridgehead atoms. The molecule has 2 N–H and O–H groups in total. The maximum Gasteiger partial charge on any atom is 0.253 e. The minimum absolute atomic E-state index is 0.224. The highest BCUT2D eigenvalue weighted by molar-refractivity contribution is 7.92. The molecule has 1 amide bonds. The van der Waals surface area contributed by atoms with E-state index in [0.717, 1.165) is 31.5 Å². The molecule has 0 unspecified atom stereocenters. The zero-order valence-corrected chi connectivity index (χ0v) is 18.0. The van der Waals surface area contributed by atoms with Crippen molar-refractivity contribution in [2.24, 2.45) is 0 Å². The van der Waals surface area contributed by atoms with E-state index in [4.69, 9.17) is 11.6 Å². The van der Waals surface area contributed by atoms with Crippen LogP contribution in [-0.4, -0.2) is 38.6 Å². The normalized spacial score (nSPS) is 15.1. The number of nitrogens with zero attached hydrogens (tertiary/aromatic N) is 1. The van der Waals surface area contributed by atoms with Crippen molar-refractivity contribution < 1.29 is 13.2 Å². The number of carbonyl (C=O) groups is 1. The van der Waals surface area contributed by atoms with Gasteiger partial charge in [-0.25, -0.2) is 8.42 Å². The molecule has 1 aliphatic rings. The van der Waals surface area contributed by atoms with E-state index in [1.165, 1.54) is 43.0 Å². The summed E-state index contributed by atoms with van der Waals surface area (Å²) in [6.45, 7) is 3.64. The topological polar surface area (TPSA) is 78.5 Å². The molecule has 1 heterocycles. The van der Waals surface area contributed by atoms with Crippen LogP contribution in [0.5, 0.6) is 0 Å². The molecule has 0 atom stereocenters. The molecule has 0 radical (unpaired) electrons. The zero-order chi connectivity index (χ0) is 20.9. The van der Waals surface area contributed by atoms with Crippen molar-refractivity contribution in [3.05, 3.63) is 64.2 Å². The first kappa shape index (κ1) is 21.6. The van der Waals surface area contributed by atoms with Gasteiger partial charge in [-0.3, -0.25) is 14.4 Å². The van der Waals surface area contributed by atoms with Gasteiger partial charge in [0.25, 0.3) is 5.91 Å². The molecule has 156 valence electrons. The van der Waals surface area contributed by atoms with Gasteiger partial charge in [0.2, 0.25) is 10.0 Å². The highest BCUT2D eigenvalue weighted by Crippen LogP contribution is 2.21. The van der Waals surface area contributed by atoms with Crippen LogP contribution in [-0.2, 0) is 23.1 Å². The second kappa shape index (κ2) is 9.61. The van der Waals surface area contributed by atoms with E-state index in [0.29, 0.717) is 12.2 Å². The van der Waals surface area contributed by atoms with Gasteiger partial charge >= 0.3 is 0 Å². The Bertz CT molecular complexity index is 956. The van der Waals surface area contributed by atoms with Gasteiger partial charge in [0.1, 0.15) is 0 Å². The fourth-order valence-corrected chi connectivity index (χ4v) is 4.15. The van der Waals surface area contributed by atoms with Crippen LogP contribution >= 0.6 is 11.6 Å². The first-order chi connectivity index (χ1) is 13.8. The standard InChI is InChI=1S/C21H26ClN3O3S/c1-29(27,28)24-18-9-10-20(22)19(13-18)21(26)23-14-16-5-7-17(8-6-16)15-25-11-3-2-4-12-25/h5-10,13,24H,2-4,11-12,14-15H2,1H3,(H,23,26). The Morgan fingerprint density at radius 1 is 1.03 bits per heavy atom. The van der Waals surface area contributed by atoms with E-state index in [2.05, 4.69) is 27.1 Å². The van der Waals surface area contributed by atoms with Crippen LogP contribution in [0.3, 0.4) is 0 Å². The van der Waals surface area contributed by atoms with Gasteiger partial charge in [0.05, 0.1) is 16.8 Å². The number of piperidine rings is 1. The quantitative estimate of drug-likeness (QED) is 0.696. The van der Waals surface area contributed by atoms with Crippen LogP contribution in [0, 0.1) is 0 Å². The smallest absolute Gasteiger partial charge is 0.253 e. The van der Waals surface area contributed by atoms with Crippen molar-refractivity contribution >= 4 is 33.2 Å². The number of anilines is 1. The van der Waals surface area contributed by atoms with Crippen molar-refractivity contribution in [1.82, 2.24) is 10.2 Å². The lowest BCUT2D eigenvalue weighted by molar-refractivity contribution is 0.0951. The molecule has 2 aromatic carbocycles. The van der Waals surface area contributed by atoms with Crippen molar-refractivity contribution in [1.29, 1.82) is 0 Å². The number of nitrogens with one attached hydrogen (secondary N) is 2. The largest absolute Gasteiger partial charge is 0.348 e. The number of hydrogen-bond donors (Lipinski definition) is 2. The van der Waals surface area contributed by atoms with Crippen LogP contribution < -0.4 is 10.0 Å². The van der Waals surface area contributed by atoms with E-state index in [-0.39, 0.29) is 16.5 Å². The number of sulfonamides is 1. The molecule has 3 rings (SSSR count). The molecule has 6 nitrogen and oxygen atoms in total. The average Bonchev–Trinajstić information content (AvgIpc) is 2.68. The number of amides is 1. The summed E-state index contributed by atoms with van der Waals surface area (Å²) in [5, 5.41) is 3.10. The Labute approximate surface area is 177 Å². The SMILES string of the molecule is CS(=O)(=O)Nc1ccc(Cl)c(C(=O)NCc2ccc(CN3CCCCC3)cc2)c1. The zero-order valence-electron chi connectivity index (χ0n) is 16.4. The second-order valence-electron chi connectivity index (χ2n) is 7.40. The predicted octanol–water partition coefficient (Wildman–Crippen LogP) is 3.63. The molecule has 0 spiro atoms. The Morgan fingerprint density at radius 2 is 1.69 bits per heavy atom. The summed E-state index contributed by atoms with van der Waals surface area (Å²) in [6.07, 6.45) is 4.92. The fraction of sp³-hybridized carbons (Fsp3) is 0.381. The minimum atomic E-state index is -3.43. The summed E-state index contributed by atoms with van der Waals surface area (Å²) in [6, 6.07) is 12.7. The third-order valence-electron chi connectivity index (χ3n) is 4.85. The van der Waals surface area contributed by atoms with Gasteiger partial charge in [-0.15, -0.1) is 0 Å². The average molecular weight is 436 g/mol. The molecule has 0 saturated carbocycles. The molecular formula is C21H26ClN3O3S. The third kappa shape index (κ3) is 6.73. The first-order valence-corrected chi connectivity index (χ1v) is 11.9. The number of likely N-dealkylation sites (tertiary alicyclic amines) is 1. The molecule has 8 heteroatoms. The number of halogens is 1. The number of benzene rings is 2. The summed E-state index contributed by atoms with van der Waals surface area (Å²) >= 11 is 6.11. The maximum absolute atomic E-state index is 12.5. The van der Waals surface area contributed by atoms with Gasteiger partial charge in [0.15, 0.2) is 0 Å². The molecule has 2 aromatic rings. The van der Waals surface area contributed by atoms with Gasteiger partial charge < -0.3 is 5.32 Å². The summed E-state index contributed by atoms with van der Waals surface area (Å²) in [7, 11) is -3.43. The number of hydrogen-bond acceptors (Lipinski definition) is 4. The van der Waals surface area contributed by atoms with Crippen LogP contribution in [0.2, 0.25) is 5.02 Å². The summed E-state index contributed by atoms with van der Waals surface area (Å²) in [4.78, 5) is 15.0. The lowest BCUT2D eigenvalue weighted by Crippen LogP contribution is -2.29. The Kier molecular flexibility index (Phi) is 7.16. The first-order valence-electron chi connectivity index (χ1n) is 9.66. The highest BCUT2D eigenvalue weighted by Gasteiger charge is 2.13. The second-order valence-corrected chi connectivity index (χ2v) is 9.56. The molecule has 1 fully saturated rings. The maximum atomic E-state index is 12.5. The highest BCUT2D eigenvalue weighted by atomic mass is 35.5. The minimum Gasteiger partial charge on any atom is -0.348 e. The van der Waals surface area contributed by atoms with E-state index in [9.17, 15) is 13.2 Å². The van der Waals surface area contributed by atoms with Gasteiger partial charge in [-0.05, 0) is 55.3 Å². The lowest BCUT2D eigenvalue weighted by atomic mass is 10.1. The van der Waals surface area contributed by atoms with Crippen LogP contribution in [0.15, 0.2) is 42.5 Å². The Hall–Kier alpha value is -2.09.